The van der Waals surface area contributed by atoms with Crippen molar-refractivity contribution in [1.29, 1.82) is 0 Å². The molecule has 0 bridgehead atoms. The number of hydrogen-bond acceptors (Lipinski definition) is 5. The minimum atomic E-state index is -1.12. The van der Waals surface area contributed by atoms with E-state index in [1.165, 1.54) is 13.2 Å². The van der Waals surface area contributed by atoms with Gasteiger partial charge in [-0.1, -0.05) is 30.3 Å². The fourth-order valence-corrected chi connectivity index (χ4v) is 4.29. The van der Waals surface area contributed by atoms with Gasteiger partial charge in [-0.05, 0) is 55.0 Å². The molecule has 1 spiro atoms. The van der Waals surface area contributed by atoms with Crippen LogP contribution in [-0.2, 0) is 26.3 Å². The SMILES string of the molecule is COC(=O)c1ccc(C)c(NC(=O)CN2C(=O)NC3(CCCc4ccccc43)C2=O)c1. The third-order valence-corrected chi connectivity index (χ3v) is 5.89. The van der Waals surface area contributed by atoms with Gasteiger partial charge in [-0.2, -0.15) is 0 Å². The predicted octanol–water partition coefficient (Wildman–Crippen LogP) is 2.50. The smallest absolute Gasteiger partial charge is 0.337 e. The standard InChI is InChI=1S/C23H23N3O5/c1-14-9-10-16(20(28)31-2)12-18(14)24-19(27)13-26-21(29)23(25-22(26)30)11-5-7-15-6-3-4-8-17(15)23/h3-4,6,8-10,12H,5,7,11,13H2,1-2H3,(H,24,27)(H,25,30). The van der Waals surface area contributed by atoms with Crippen LogP contribution in [0.5, 0.6) is 0 Å². The molecular formula is C23H23N3O5. The topological polar surface area (TPSA) is 105 Å². The molecule has 1 heterocycles. The molecule has 0 saturated carbocycles. The molecule has 8 nitrogen and oxygen atoms in total. The van der Waals surface area contributed by atoms with E-state index < -0.39 is 35.9 Å². The molecule has 1 fully saturated rings. The maximum absolute atomic E-state index is 13.3. The molecule has 2 N–H and O–H groups in total. The van der Waals surface area contributed by atoms with E-state index >= 15 is 0 Å². The first-order chi connectivity index (χ1) is 14.9. The number of imide groups is 1. The lowest BCUT2D eigenvalue weighted by atomic mass is 9.76. The van der Waals surface area contributed by atoms with Gasteiger partial charge in [0.25, 0.3) is 5.91 Å². The van der Waals surface area contributed by atoms with E-state index in [-0.39, 0.29) is 5.56 Å². The van der Waals surface area contributed by atoms with E-state index in [9.17, 15) is 19.2 Å². The summed E-state index contributed by atoms with van der Waals surface area (Å²) in [7, 11) is 1.28. The molecular weight excluding hydrogens is 398 g/mol. The quantitative estimate of drug-likeness (QED) is 0.583. The van der Waals surface area contributed by atoms with Crippen molar-refractivity contribution < 1.29 is 23.9 Å². The van der Waals surface area contributed by atoms with Gasteiger partial charge in [0, 0.05) is 5.69 Å². The van der Waals surface area contributed by atoms with Crippen molar-refractivity contribution >= 4 is 29.5 Å². The largest absolute Gasteiger partial charge is 0.465 e. The molecule has 4 rings (SSSR count). The Morgan fingerprint density at radius 2 is 1.97 bits per heavy atom. The summed E-state index contributed by atoms with van der Waals surface area (Å²) < 4.78 is 4.71. The van der Waals surface area contributed by atoms with Crippen molar-refractivity contribution in [2.24, 2.45) is 0 Å². The zero-order chi connectivity index (χ0) is 22.2. The van der Waals surface area contributed by atoms with Crippen LogP contribution in [0.25, 0.3) is 0 Å². The monoisotopic (exact) mass is 421 g/mol. The molecule has 2 aromatic rings. The summed E-state index contributed by atoms with van der Waals surface area (Å²) in [5.74, 6) is -1.47. The average molecular weight is 421 g/mol. The summed E-state index contributed by atoms with van der Waals surface area (Å²) in [4.78, 5) is 51.3. The average Bonchev–Trinajstić information content (AvgIpc) is 2.99. The van der Waals surface area contributed by atoms with Crippen LogP contribution in [0.1, 0.15) is 39.9 Å². The Bertz CT molecular complexity index is 1100. The number of nitrogens with one attached hydrogen (secondary N) is 2. The van der Waals surface area contributed by atoms with Crippen LogP contribution in [0.3, 0.4) is 0 Å². The van der Waals surface area contributed by atoms with Gasteiger partial charge in [0.1, 0.15) is 12.1 Å². The van der Waals surface area contributed by atoms with E-state index in [2.05, 4.69) is 10.6 Å². The number of benzene rings is 2. The number of methoxy groups -OCH3 is 1. The molecule has 1 aliphatic heterocycles. The molecule has 1 aliphatic carbocycles. The first-order valence-electron chi connectivity index (χ1n) is 10.1. The molecule has 4 amide bonds. The van der Waals surface area contributed by atoms with E-state index in [0.29, 0.717) is 12.1 Å². The summed E-state index contributed by atoms with van der Waals surface area (Å²) in [5, 5.41) is 5.52. The second-order valence-corrected chi connectivity index (χ2v) is 7.81. The Kier molecular flexibility index (Phi) is 5.22. The number of ether oxygens (including phenoxy) is 1. The van der Waals surface area contributed by atoms with Crippen molar-refractivity contribution in [3.05, 3.63) is 64.7 Å². The van der Waals surface area contributed by atoms with Crippen LogP contribution in [0.2, 0.25) is 0 Å². The minimum Gasteiger partial charge on any atom is -0.465 e. The van der Waals surface area contributed by atoms with Gasteiger partial charge in [0.15, 0.2) is 0 Å². The number of fused-ring (bicyclic) bond motifs is 2. The van der Waals surface area contributed by atoms with Crippen molar-refractivity contribution in [1.82, 2.24) is 10.2 Å². The Balaban J connectivity index is 1.53. The number of nitrogens with zero attached hydrogens (tertiary/aromatic N) is 1. The van der Waals surface area contributed by atoms with Crippen LogP contribution >= 0.6 is 0 Å². The number of esters is 1. The summed E-state index contributed by atoms with van der Waals surface area (Å²) in [6.45, 7) is 1.36. The molecule has 2 aliphatic rings. The van der Waals surface area contributed by atoms with Crippen molar-refractivity contribution in [2.45, 2.75) is 31.7 Å². The highest BCUT2D eigenvalue weighted by Gasteiger charge is 2.54. The Morgan fingerprint density at radius 1 is 1.19 bits per heavy atom. The highest BCUT2D eigenvalue weighted by atomic mass is 16.5. The lowest BCUT2D eigenvalue weighted by Gasteiger charge is -2.33. The minimum absolute atomic E-state index is 0.288. The lowest BCUT2D eigenvalue weighted by molar-refractivity contribution is -0.134. The van der Waals surface area contributed by atoms with E-state index in [4.69, 9.17) is 4.74 Å². The molecule has 1 atom stereocenters. The fourth-order valence-electron chi connectivity index (χ4n) is 4.29. The Morgan fingerprint density at radius 3 is 2.74 bits per heavy atom. The number of hydrogen-bond donors (Lipinski definition) is 2. The van der Waals surface area contributed by atoms with Crippen LogP contribution in [0, 0.1) is 6.92 Å². The number of aryl methyl sites for hydroxylation is 2. The fraction of sp³-hybridized carbons (Fsp3) is 0.304. The number of anilines is 1. The molecule has 8 heteroatoms. The van der Waals surface area contributed by atoms with Gasteiger partial charge in [-0.15, -0.1) is 0 Å². The number of urea groups is 1. The number of carbonyl (C=O) groups excluding carboxylic acids is 4. The van der Waals surface area contributed by atoms with Crippen LogP contribution in [0.15, 0.2) is 42.5 Å². The Labute approximate surface area is 179 Å². The van der Waals surface area contributed by atoms with E-state index in [0.717, 1.165) is 34.4 Å². The Hall–Kier alpha value is -3.68. The van der Waals surface area contributed by atoms with Gasteiger partial charge in [0.05, 0.1) is 12.7 Å². The zero-order valence-corrected chi connectivity index (χ0v) is 17.4. The van der Waals surface area contributed by atoms with Crippen molar-refractivity contribution in [3.63, 3.8) is 0 Å². The highest BCUT2D eigenvalue weighted by molar-refractivity contribution is 6.10. The maximum Gasteiger partial charge on any atom is 0.337 e. The zero-order valence-electron chi connectivity index (χ0n) is 17.4. The molecule has 1 saturated heterocycles. The second kappa shape index (κ2) is 7.86. The van der Waals surface area contributed by atoms with Crippen molar-refractivity contribution in [3.8, 4) is 0 Å². The lowest BCUT2D eigenvalue weighted by Crippen LogP contribution is -2.47. The molecule has 1 unspecified atom stereocenters. The third kappa shape index (κ3) is 3.54. The highest BCUT2D eigenvalue weighted by Crippen LogP contribution is 2.39. The number of rotatable bonds is 4. The summed E-state index contributed by atoms with van der Waals surface area (Å²) in [5.41, 5.74) is 2.14. The van der Waals surface area contributed by atoms with Gasteiger partial charge < -0.3 is 15.4 Å². The predicted molar refractivity (Wildman–Crippen MR) is 112 cm³/mol. The molecule has 0 aromatic heterocycles. The summed E-state index contributed by atoms with van der Waals surface area (Å²) >= 11 is 0. The molecule has 0 radical (unpaired) electrons. The first kappa shape index (κ1) is 20.6. The third-order valence-electron chi connectivity index (χ3n) is 5.89. The number of carbonyl (C=O) groups is 4. The van der Waals surface area contributed by atoms with Gasteiger partial charge in [-0.25, -0.2) is 9.59 Å². The second-order valence-electron chi connectivity index (χ2n) is 7.81. The van der Waals surface area contributed by atoms with Crippen molar-refractivity contribution in [2.75, 3.05) is 19.0 Å². The van der Waals surface area contributed by atoms with E-state index in [1.54, 1.807) is 19.1 Å². The summed E-state index contributed by atoms with van der Waals surface area (Å²) in [6.07, 6.45) is 2.10. The normalized spacial score (nSPS) is 19.7. The number of amides is 4. The molecule has 31 heavy (non-hydrogen) atoms. The van der Waals surface area contributed by atoms with Gasteiger partial charge >= 0.3 is 12.0 Å². The first-order valence-corrected chi connectivity index (χ1v) is 10.1. The van der Waals surface area contributed by atoms with Crippen LogP contribution < -0.4 is 10.6 Å². The molecule has 160 valence electrons. The molecule has 2 aromatic carbocycles. The van der Waals surface area contributed by atoms with E-state index in [1.807, 2.05) is 24.3 Å². The van der Waals surface area contributed by atoms with Gasteiger partial charge in [0.2, 0.25) is 5.91 Å². The van der Waals surface area contributed by atoms with Crippen LogP contribution in [-0.4, -0.2) is 42.4 Å². The van der Waals surface area contributed by atoms with Crippen LogP contribution in [0.4, 0.5) is 10.5 Å². The maximum atomic E-state index is 13.3. The van der Waals surface area contributed by atoms with Gasteiger partial charge in [-0.3, -0.25) is 14.5 Å². The summed E-state index contributed by atoms with van der Waals surface area (Å²) in [6, 6.07) is 11.8.